The molecule has 1 N–H and O–H groups in total. The van der Waals surface area contributed by atoms with E-state index < -0.39 is 24.8 Å². The zero-order chi connectivity index (χ0) is 20.9. The average molecular weight is 449 g/mol. The molecule has 2 amide bonds. The standard InChI is InChI=1S/C18H17Cl2F3N4O2/c19-14-10(21)1-2-11-13(14)15(20)16(24-11)17(29)27-5-3-26(4-6-27)12(28)7-25-8-18(22,23)9-25/h1-2,24H,3-9H2. The predicted molar refractivity (Wildman–Crippen MR) is 102 cm³/mol. The molecule has 1 aromatic carbocycles. The number of aromatic nitrogens is 1. The molecule has 0 saturated carbocycles. The van der Waals surface area contributed by atoms with E-state index in [9.17, 15) is 22.8 Å². The van der Waals surface area contributed by atoms with E-state index in [0.717, 1.165) is 0 Å². The highest BCUT2D eigenvalue weighted by Gasteiger charge is 2.44. The van der Waals surface area contributed by atoms with Gasteiger partial charge in [-0.3, -0.25) is 14.5 Å². The molecule has 4 rings (SSSR count). The largest absolute Gasteiger partial charge is 0.349 e. The van der Waals surface area contributed by atoms with Gasteiger partial charge in [-0.05, 0) is 12.1 Å². The number of nitrogens with zero attached hydrogens (tertiary/aromatic N) is 3. The van der Waals surface area contributed by atoms with E-state index in [2.05, 4.69) is 4.98 Å². The lowest BCUT2D eigenvalue weighted by Crippen LogP contribution is -2.60. The lowest BCUT2D eigenvalue weighted by Gasteiger charge is -2.40. The smallest absolute Gasteiger partial charge is 0.272 e. The van der Waals surface area contributed by atoms with E-state index in [-0.39, 0.29) is 52.6 Å². The fraction of sp³-hybridized carbons (Fsp3) is 0.444. The fourth-order valence-corrected chi connectivity index (χ4v) is 4.29. The van der Waals surface area contributed by atoms with Gasteiger partial charge in [-0.15, -0.1) is 0 Å². The van der Waals surface area contributed by atoms with Crippen LogP contribution in [0.3, 0.4) is 0 Å². The molecule has 0 radical (unpaired) electrons. The van der Waals surface area contributed by atoms with E-state index in [1.54, 1.807) is 4.90 Å². The number of benzene rings is 1. The Morgan fingerprint density at radius 2 is 1.66 bits per heavy atom. The number of alkyl halides is 2. The summed E-state index contributed by atoms with van der Waals surface area (Å²) >= 11 is 12.2. The minimum absolute atomic E-state index is 0.0479. The van der Waals surface area contributed by atoms with Gasteiger partial charge in [-0.2, -0.15) is 0 Å². The Hall–Kier alpha value is -1.97. The summed E-state index contributed by atoms with van der Waals surface area (Å²) in [5, 5.41) is 0.137. The van der Waals surface area contributed by atoms with Crippen molar-refractivity contribution in [3.8, 4) is 0 Å². The normalized spacial score (nSPS) is 19.5. The molecule has 2 aromatic rings. The molecule has 0 bridgehead atoms. The number of carbonyl (C=O) groups is 2. The summed E-state index contributed by atoms with van der Waals surface area (Å²) in [6.45, 7) is 0.271. The van der Waals surface area contributed by atoms with Gasteiger partial charge in [-0.25, -0.2) is 13.2 Å². The third-order valence-corrected chi connectivity index (χ3v) is 5.94. The first-order chi connectivity index (χ1) is 13.7. The Balaban J connectivity index is 1.39. The van der Waals surface area contributed by atoms with Gasteiger partial charge in [0.05, 0.1) is 29.7 Å². The van der Waals surface area contributed by atoms with E-state index in [1.165, 1.54) is 21.9 Å². The number of piperazine rings is 1. The summed E-state index contributed by atoms with van der Waals surface area (Å²) in [5.41, 5.74) is 0.557. The highest BCUT2D eigenvalue weighted by Crippen LogP contribution is 2.35. The third kappa shape index (κ3) is 3.78. The monoisotopic (exact) mass is 448 g/mol. The van der Waals surface area contributed by atoms with Crippen molar-refractivity contribution >= 4 is 45.9 Å². The lowest BCUT2D eigenvalue weighted by atomic mass is 10.1. The van der Waals surface area contributed by atoms with E-state index in [4.69, 9.17) is 23.2 Å². The highest BCUT2D eigenvalue weighted by atomic mass is 35.5. The molecule has 29 heavy (non-hydrogen) atoms. The molecule has 2 fully saturated rings. The Morgan fingerprint density at radius 3 is 2.28 bits per heavy atom. The van der Waals surface area contributed by atoms with Crippen molar-refractivity contribution in [1.29, 1.82) is 0 Å². The number of rotatable bonds is 3. The molecule has 2 aliphatic rings. The van der Waals surface area contributed by atoms with Crippen LogP contribution < -0.4 is 0 Å². The van der Waals surface area contributed by atoms with Crippen molar-refractivity contribution in [3.05, 3.63) is 33.7 Å². The molecule has 3 heterocycles. The van der Waals surface area contributed by atoms with Crippen LogP contribution in [0.4, 0.5) is 13.2 Å². The van der Waals surface area contributed by atoms with Crippen LogP contribution in [0.5, 0.6) is 0 Å². The molecular weight excluding hydrogens is 432 g/mol. The quantitative estimate of drug-likeness (QED) is 0.785. The molecular formula is C18H17Cl2F3N4O2. The van der Waals surface area contributed by atoms with Gasteiger partial charge in [0.15, 0.2) is 0 Å². The summed E-state index contributed by atoms with van der Waals surface area (Å²) < 4.78 is 39.5. The predicted octanol–water partition coefficient (Wildman–Crippen LogP) is 2.85. The first-order valence-electron chi connectivity index (χ1n) is 8.99. The maximum Gasteiger partial charge on any atom is 0.272 e. The van der Waals surface area contributed by atoms with Crippen LogP contribution in [0.1, 0.15) is 10.5 Å². The Kier molecular flexibility index (Phi) is 5.16. The van der Waals surface area contributed by atoms with Crippen molar-refractivity contribution < 1.29 is 22.8 Å². The zero-order valence-electron chi connectivity index (χ0n) is 15.2. The molecule has 0 unspecified atom stereocenters. The van der Waals surface area contributed by atoms with Gasteiger partial charge in [0.2, 0.25) is 5.91 Å². The van der Waals surface area contributed by atoms with Crippen molar-refractivity contribution in [2.45, 2.75) is 5.92 Å². The average Bonchev–Trinajstić information content (AvgIpc) is 3.00. The van der Waals surface area contributed by atoms with Gasteiger partial charge < -0.3 is 14.8 Å². The number of aromatic amines is 1. The van der Waals surface area contributed by atoms with Crippen LogP contribution in [0.2, 0.25) is 10.0 Å². The first kappa shape index (κ1) is 20.3. The first-order valence-corrected chi connectivity index (χ1v) is 9.74. The number of H-pyrrole nitrogens is 1. The number of fused-ring (bicyclic) bond motifs is 1. The minimum Gasteiger partial charge on any atom is -0.349 e. The summed E-state index contributed by atoms with van der Waals surface area (Å²) in [4.78, 5) is 32.5. The Labute approximate surface area is 174 Å². The van der Waals surface area contributed by atoms with Gasteiger partial charge in [-0.1, -0.05) is 23.2 Å². The Morgan fingerprint density at radius 1 is 1.03 bits per heavy atom. The maximum atomic E-state index is 13.7. The van der Waals surface area contributed by atoms with Crippen LogP contribution in [0.15, 0.2) is 12.1 Å². The summed E-state index contributed by atoms with van der Waals surface area (Å²) in [6, 6.07) is 2.64. The highest BCUT2D eigenvalue weighted by molar-refractivity contribution is 6.44. The molecule has 1 aromatic heterocycles. The number of nitrogens with one attached hydrogen (secondary N) is 1. The van der Waals surface area contributed by atoms with Crippen LogP contribution in [0.25, 0.3) is 10.9 Å². The SMILES string of the molecule is O=C(CN1CC(F)(F)C1)N1CCN(C(=O)c2[nH]c3ccc(F)c(Cl)c3c2Cl)CC1. The van der Waals surface area contributed by atoms with E-state index >= 15 is 0 Å². The lowest BCUT2D eigenvalue weighted by molar-refractivity contribution is -0.151. The topological polar surface area (TPSA) is 59.7 Å². The second kappa shape index (κ2) is 7.37. The second-order valence-corrected chi connectivity index (χ2v) is 8.03. The van der Waals surface area contributed by atoms with Gasteiger partial charge >= 0.3 is 0 Å². The molecule has 2 saturated heterocycles. The van der Waals surface area contributed by atoms with Gasteiger partial charge in [0.25, 0.3) is 11.8 Å². The number of hydrogen-bond donors (Lipinski definition) is 1. The summed E-state index contributed by atoms with van der Waals surface area (Å²) in [7, 11) is 0. The van der Waals surface area contributed by atoms with Crippen molar-refractivity contribution in [1.82, 2.24) is 19.7 Å². The molecule has 2 aliphatic heterocycles. The fourth-order valence-electron chi connectivity index (χ4n) is 3.66. The van der Waals surface area contributed by atoms with Crippen LogP contribution >= 0.6 is 23.2 Å². The summed E-state index contributed by atoms with van der Waals surface area (Å²) in [5.74, 6) is -3.96. The number of carbonyl (C=O) groups excluding carboxylic acids is 2. The molecule has 0 aliphatic carbocycles. The number of halogens is 5. The van der Waals surface area contributed by atoms with Crippen LogP contribution in [-0.2, 0) is 4.79 Å². The molecule has 0 atom stereocenters. The van der Waals surface area contributed by atoms with E-state index in [0.29, 0.717) is 18.6 Å². The number of hydrogen-bond acceptors (Lipinski definition) is 3. The van der Waals surface area contributed by atoms with E-state index in [1.807, 2.05) is 0 Å². The van der Waals surface area contributed by atoms with Gasteiger partial charge in [0, 0.05) is 37.1 Å². The van der Waals surface area contributed by atoms with Crippen LogP contribution in [-0.4, -0.2) is 83.2 Å². The van der Waals surface area contributed by atoms with Crippen molar-refractivity contribution in [3.63, 3.8) is 0 Å². The van der Waals surface area contributed by atoms with Crippen LogP contribution in [0, 0.1) is 5.82 Å². The van der Waals surface area contributed by atoms with Gasteiger partial charge in [0.1, 0.15) is 11.5 Å². The maximum absolute atomic E-state index is 13.7. The zero-order valence-corrected chi connectivity index (χ0v) is 16.7. The molecule has 11 heteroatoms. The Bertz CT molecular complexity index is 981. The number of amides is 2. The molecule has 6 nitrogen and oxygen atoms in total. The number of likely N-dealkylation sites (tertiary alicyclic amines) is 1. The third-order valence-electron chi connectivity index (χ3n) is 5.20. The van der Waals surface area contributed by atoms with Crippen molar-refractivity contribution in [2.24, 2.45) is 0 Å². The molecule has 156 valence electrons. The minimum atomic E-state index is -2.71. The van der Waals surface area contributed by atoms with Crippen molar-refractivity contribution in [2.75, 3.05) is 45.8 Å². The summed E-state index contributed by atoms with van der Waals surface area (Å²) in [6.07, 6.45) is 0. The molecule has 0 spiro atoms. The second-order valence-electron chi connectivity index (χ2n) is 7.27.